The third-order valence-electron chi connectivity index (χ3n) is 3.06. The number of ether oxygens (including phenoxy) is 3. The highest BCUT2D eigenvalue weighted by molar-refractivity contribution is 5.17. The largest absolute Gasteiger partial charge is 0.481 e. The van der Waals surface area contributed by atoms with E-state index in [1.165, 1.54) is 5.56 Å². The molecule has 0 bridgehead atoms. The van der Waals surface area contributed by atoms with Crippen molar-refractivity contribution >= 4 is 0 Å². The fourth-order valence-electron chi connectivity index (χ4n) is 2.01. The molecular formula is C13H20N2O3. The van der Waals surface area contributed by atoms with Crippen LogP contribution in [-0.2, 0) is 16.0 Å². The van der Waals surface area contributed by atoms with Gasteiger partial charge in [0.2, 0.25) is 5.88 Å². The van der Waals surface area contributed by atoms with Gasteiger partial charge >= 0.3 is 0 Å². The topological polar surface area (TPSA) is 43.8 Å². The van der Waals surface area contributed by atoms with Crippen molar-refractivity contribution in [1.82, 2.24) is 9.88 Å². The minimum absolute atomic E-state index is 0.152. The van der Waals surface area contributed by atoms with E-state index >= 15 is 0 Å². The molecule has 1 fully saturated rings. The molecule has 0 amide bonds. The first kappa shape index (κ1) is 13.3. The lowest BCUT2D eigenvalue weighted by molar-refractivity contribution is 0.0225. The molecule has 5 heteroatoms. The number of rotatable bonds is 4. The Bertz CT molecular complexity index is 356. The standard InChI is InChI=1S/C13H20N2O3/c1-16-12-9-15(5-6-18-10-12)8-11-3-4-13(17-2)14-7-11/h3-4,7,12H,5-6,8-10H2,1-2H3/t12-/m1/s1. The molecule has 1 aliphatic rings. The average Bonchev–Trinajstić information content (AvgIpc) is 2.65. The van der Waals surface area contributed by atoms with Crippen LogP contribution in [0, 0.1) is 0 Å². The van der Waals surface area contributed by atoms with Crippen LogP contribution in [0.4, 0.5) is 0 Å². The van der Waals surface area contributed by atoms with Crippen molar-refractivity contribution in [2.45, 2.75) is 12.6 Å². The predicted molar refractivity (Wildman–Crippen MR) is 67.7 cm³/mol. The number of nitrogens with zero attached hydrogens (tertiary/aromatic N) is 2. The SMILES string of the molecule is COc1ccc(CN2CCOC[C@H](OC)C2)cn1. The fraction of sp³-hybridized carbons (Fsp3) is 0.615. The van der Waals surface area contributed by atoms with Crippen LogP contribution in [0.15, 0.2) is 18.3 Å². The molecule has 2 heterocycles. The summed E-state index contributed by atoms with van der Waals surface area (Å²) in [7, 11) is 3.35. The molecule has 1 aromatic rings. The lowest BCUT2D eigenvalue weighted by Crippen LogP contribution is -2.33. The molecular weight excluding hydrogens is 232 g/mol. The number of hydrogen-bond donors (Lipinski definition) is 0. The molecule has 1 aliphatic heterocycles. The summed E-state index contributed by atoms with van der Waals surface area (Å²) in [5, 5.41) is 0. The van der Waals surface area contributed by atoms with Crippen molar-refractivity contribution in [1.29, 1.82) is 0 Å². The summed E-state index contributed by atoms with van der Waals surface area (Å²) in [5.41, 5.74) is 1.17. The molecule has 1 aromatic heterocycles. The van der Waals surface area contributed by atoms with Crippen LogP contribution in [0.3, 0.4) is 0 Å². The normalized spacial score (nSPS) is 21.6. The van der Waals surface area contributed by atoms with Gasteiger partial charge in [-0.05, 0) is 5.56 Å². The monoisotopic (exact) mass is 252 g/mol. The molecule has 1 atom stereocenters. The third kappa shape index (κ3) is 3.66. The minimum Gasteiger partial charge on any atom is -0.481 e. The number of methoxy groups -OCH3 is 2. The van der Waals surface area contributed by atoms with E-state index in [4.69, 9.17) is 14.2 Å². The van der Waals surface area contributed by atoms with Gasteiger partial charge in [-0.15, -0.1) is 0 Å². The van der Waals surface area contributed by atoms with Gasteiger partial charge in [0, 0.05) is 39.0 Å². The van der Waals surface area contributed by atoms with E-state index in [0.29, 0.717) is 12.5 Å². The maximum Gasteiger partial charge on any atom is 0.212 e. The highest BCUT2D eigenvalue weighted by Gasteiger charge is 2.18. The van der Waals surface area contributed by atoms with Crippen LogP contribution in [0.2, 0.25) is 0 Å². The molecule has 0 aliphatic carbocycles. The first-order valence-electron chi connectivity index (χ1n) is 6.13. The van der Waals surface area contributed by atoms with Gasteiger partial charge in [-0.3, -0.25) is 4.90 Å². The smallest absolute Gasteiger partial charge is 0.212 e. The summed E-state index contributed by atoms with van der Waals surface area (Å²) >= 11 is 0. The van der Waals surface area contributed by atoms with Gasteiger partial charge in [0.25, 0.3) is 0 Å². The second-order valence-corrected chi connectivity index (χ2v) is 4.38. The second-order valence-electron chi connectivity index (χ2n) is 4.38. The van der Waals surface area contributed by atoms with E-state index < -0.39 is 0 Å². The van der Waals surface area contributed by atoms with E-state index in [2.05, 4.69) is 9.88 Å². The summed E-state index contributed by atoms with van der Waals surface area (Å²) in [4.78, 5) is 6.54. The first-order chi connectivity index (χ1) is 8.81. The first-order valence-corrected chi connectivity index (χ1v) is 6.13. The fourth-order valence-corrected chi connectivity index (χ4v) is 2.01. The van der Waals surface area contributed by atoms with Gasteiger partial charge in [0.15, 0.2) is 0 Å². The quantitative estimate of drug-likeness (QED) is 0.798. The summed E-state index contributed by atoms with van der Waals surface area (Å²) in [6, 6.07) is 3.93. The highest BCUT2D eigenvalue weighted by Crippen LogP contribution is 2.11. The molecule has 0 radical (unpaired) electrons. The Hall–Kier alpha value is -1.17. The zero-order valence-electron chi connectivity index (χ0n) is 11.0. The Morgan fingerprint density at radius 3 is 3.00 bits per heavy atom. The average molecular weight is 252 g/mol. The molecule has 1 saturated heterocycles. The summed E-state index contributed by atoms with van der Waals surface area (Å²) in [6.07, 6.45) is 2.01. The molecule has 5 nitrogen and oxygen atoms in total. The lowest BCUT2D eigenvalue weighted by atomic mass is 10.2. The minimum atomic E-state index is 0.152. The molecule has 18 heavy (non-hydrogen) atoms. The Labute approximate surface area is 108 Å². The van der Waals surface area contributed by atoms with Crippen LogP contribution in [-0.4, -0.2) is 56.5 Å². The van der Waals surface area contributed by atoms with Gasteiger partial charge in [-0.25, -0.2) is 4.98 Å². The maximum absolute atomic E-state index is 5.50. The zero-order chi connectivity index (χ0) is 12.8. The van der Waals surface area contributed by atoms with E-state index in [1.54, 1.807) is 14.2 Å². The Morgan fingerprint density at radius 1 is 1.44 bits per heavy atom. The van der Waals surface area contributed by atoms with Crippen molar-refractivity contribution < 1.29 is 14.2 Å². The predicted octanol–water partition coefficient (Wildman–Crippen LogP) is 0.937. The van der Waals surface area contributed by atoms with E-state index in [0.717, 1.165) is 26.2 Å². The Balaban J connectivity index is 1.93. The molecule has 0 N–H and O–H groups in total. The zero-order valence-corrected chi connectivity index (χ0v) is 11.0. The van der Waals surface area contributed by atoms with Gasteiger partial charge in [-0.2, -0.15) is 0 Å². The van der Waals surface area contributed by atoms with E-state index in [1.807, 2.05) is 18.3 Å². The molecule has 100 valence electrons. The Morgan fingerprint density at radius 2 is 2.33 bits per heavy atom. The van der Waals surface area contributed by atoms with Crippen molar-refractivity contribution in [3.63, 3.8) is 0 Å². The Kier molecular flexibility index (Phi) is 4.92. The van der Waals surface area contributed by atoms with Crippen LogP contribution in [0.1, 0.15) is 5.56 Å². The maximum atomic E-state index is 5.50. The highest BCUT2D eigenvalue weighted by atomic mass is 16.5. The lowest BCUT2D eigenvalue weighted by Gasteiger charge is -2.22. The number of aromatic nitrogens is 1. The van der Waals surface area contributed by atoms with Gasteiger partial charge in [0.1, 0.15) is 0 Å². The van der Waals surface area contributed by atoms with Gasteiger partial charge in [0.05, 0.1) is 26.4 Å². The molecule has 0 saturated carbocycles. The molecule has 2 rings (SSSR count). The summed E-state index contributed by atoms with van der Waals surface area (Å²) < 4.78 is 15.9. The third-order valence-corrected chi connectivity index (χ3v) is 3.06. The summed E-state index contributed by atoms with van der Waals surface area (Å²) in [5.74, 6) is 0.646. The number of hydrogen-bond acceptors (Lipinski definition) is 5. The van der Waals surface area contributed by atoms with Crippen LogP contribution >= 0.6 is 0 Å². The van der Waals surface area contributed by atoms with E-state index in [9.17, 15) is 0 Å². The van der Waals surface area contributed by atoms with Gasteiger partial charge < -0.3 is 14.2 Å². The van der Waals surface area contributed by atoms with E-state index in [-0.39, 0.29) is 6.10 Å². The molecule has 0 unspecified atom stereocenters. The van der Waals surface area contributed by atoms with Gasteiger partial charge in [-0.1, -0.05) is 6.07 Å². The summed E-state index contributed by atoms with van der Waals surface area (Å²) in [6.45, 7) is 4.10. The molecule has 0 spiro atoms. The van der Waals surface area contributed by atoms with Crippen LogP contribution < -0.4 is 4.74 Å². The van der Waals surface area contributed by atoms with Crippen LogP contribution in [0.25, 0.3) is 0 Å². The van der Waals surface area contributed by atoms with Crippen molar-refractivity contribution in [3.05, 3.63) is 23.9 Å². The van der Waals surface area contributed by atoms with Crippen molar-refractivity contribution in [2.24, 2.45) is 0 Å². The molecule has 0 aromatic carbocycles. The second kappa shape index (κ2) is 6.68. The van der Waals surface area contributed by atoms with Crippen LogP contribution in [0.5, 0.6) is 5.88 Å². The van der Waals surface area contributed by atoms with Crippen molar-refractivity contribution in [3.8, 4) is 5.88 Å². The van der Waals surface area contributed by atoms with Crippen molar-refractivity contribution in [2.75, 3.05) is 40.5 Å². The number of pyridine rings is 1.